The minimum absolute atomic E-state index is 0.558. The average Bonchev–Trinajstić information content (AvgIpc) is 2.39. The van der Waals surface area contributed by atoms with E-state index in [1.165, 1.54) is 6.33 Å². The largest absolute Gasteiger partial charge is 0.387 e. The van der Waals surface area contributed by atoms with Gasteiger partial charge in [0.25, 0.3) is 0 Å². The van der Waals surface area contributed by atoms with E-state index in [1.807, 2.05) is 24.3 Å². The number of aliphatic hydroxyl groups excluding tert-OH is 1. The van der Waals surface area contributed by atoms with E-state index in [0.29, 0.717) is 10.8 Å². The van der Waals surface area contributed by atoms with Crippen molar-refractivity contribution in [2.45, 2.75) is 11.0 Å². The highest BCUT2D eigenvalue weighted by Gasteiger charge is 2.08. The monoisotopic (exact) mass is 266 g/mol. The Labute approximate surface area is 109 Å². The zero-order chi connectivity index (χ0) is 12.1. The Morgan fingerprint density at radius 3 is 2.47 bits per heavy atom. The molecule has 0 bridgehead atoms. The SMILES string of the molecule is OC(CSc1ccc(Cl)cc1)c1cncnc1. The summed E-state index contributed by atoms with van der Waals surface area (Å²) < 4.78 is 0. The van der Waals surface area contributed by atoms with Crippen LogP contribution in [0.1, 0.15) is 11.7 Å². The van der Waals surface area contributed by atoms with Gasteiger partial charge in [-0.2, -0.15) is 0 Å². The zero-order valence-electron chi connectivity index (χ0n) is 8.95. The molecule has 1 aromatic heterocycles. The molecular formula is C12H11ClN2OS. The second-order valence-corrected chi connectivity index (χ2v) is 4.98. The third-order valence-corrected chi connectivity index (χ3v) is 3.53. The highest BCUT2D eigenvalue weighted by molar-refractivity contribution is 7.99. The molecule has 0 saturated heterocycles. The van der Waals surface area contributed by atoms with Gasteiger partial charge in [0, 0.05) is 33.6 Å². The lowest BCUT2D eigenvalue weighted by Crippen LogP contribution is -2.01. The fraction of sp³-hybridized carbons (Fsp3) is 0.167. The maximum atomic E-state index is 9.91. The molecule has 0 saturated carbocycles. The molecule has 0 spiro atoms. The van der Waals surface area contributed by atoms with Gasteiger partial charge in [0.2, 0.25) is 0 Å². The lowest BCUT2D eigenvalue weighted by atomic mass is 10.2. The van der Waals surface area contributed by atoms with Crippen LogP contribution in [-0.4, -0.2) is 20.8 Å². The van der Waals surface area contributed by atoms with Crippen molar-refractivity contribution in [1.82, 2.24) is 9.97 Å². The molecule has 2 aromatic rings. The number of rotatable bonds is 4. The van der Waals surface area contributed by atoms with Gasteiger partial charge in [0.1, 0.15) is 6.33 Å². The van der Waals surface area contributed by atoms with Crippen LogP contribution in [0.4, 0.5) is 0 Å². The number of hydrogen-bond donors (Lipinski definition) is 1. The Bertz CT molecular complexity index is 464. The van der Waals surface area contributed by atoms with Gasteiger partial charge in [0.05, 0.1) is 6.10 Å². The van der Waals surface area contributed by atoms with Gasteiger partial charge >= 0.3 is 0 Å². The summed E-state index contributed by atoms with van der Waals surface area (Å²) in [4.78, 5) is 8.82. The van der Waals surface area contributed by atoms with Gasteiger partial charge in [-0.15, -0.1) is 11.8 Å². The van der Waals surface area contributed by atoms with Gasteiger partial charge in [0.15, 0.2) is 0 Å². The second-order valence-electron chi connectivity index (χ2n) is 3.45. The van der Waals surface area contributed by atoms with Gasteiger partial charge < -0.3 is 5.11 Å². The number of thioether (sulfide) groups is 1. The van der Waals surface area contributed by atoms with Crippen molar-refractivity contribution in [3.8, 4) is 0 Å². The van der Waals surface area contributed by atoms with Gasteiger partial charge in [-0.1, -0.05) is 11.6 Å². The first-order chi connectivity index (χ1) is 8.25. The van der Waals surface area contributed by atoms with Crippen LogP contribution in [0, 0.1) is 0 Å². The van der Waals surface area contributed by atoms with Gasteiger partial charge in [-0.05, 0) is 24.3 Å². The van der Waals surface area contributed by atoms with Gasteiger partial charge in [-0.3, -0.25) is 0 Å². The van der Waals surface area contributed by atoms with Crippen molar-refractivity contribution >= 4 is 23.4 Å². The molecule has 88 valence electrons. The highest BCUT2D eigenvalue weighted by Crippen LogP contribution is 2.25. The normalized spacial score (nSPS) is 12.4. The number of nitrogens with zero attached hydrogens (tertiary/aromatic N) is 2. The van der Waals surface area contributed by atoms with Crippen LogP contribution in [-0.2, 0) is 0 Å². The maximum Gasteiger partial charge on any atom is 0.115 e. The number of aliphatic hydroxyl groups is 1. The van der Waals surface area contributed by atoms with Crippen molar-refractivity contribution < 1.29 is 5.11 Å². The third kappa shape index (κ3) is 3.70. The highest BCUT2D eigenvalue weighted by atomic mass is 35.5. The van der Waals surface area contributed by atoms with Crippen LogP contribution in [0.15, 0.2) is 47.9 Å². The summed E-state index contributed by atoms with van der Waals surface area (Å²) in [6.07, 6.45) is 4.14. The Hall–Kier alpha value is -1.10. The molecule has 1 aromatic carbocycles. The van der Waals surface area contributed by atoms with E-state index in [4.69, 9.17) is 11.6 Å². The Kier molecular flexibility index (Phi) is 4.36. The van der Waals surface area contributed by atoms with E-state index in [1.54, 1.807) is 24.2 Å². The summed E-state index contributed by atoms with van der Waals surface area (Å²) in [6.45, 7) is 0. The van der Waals surface area contributed by atoms with Crippen molar-refractivity contribution in [2.75, 3.05) is 5.75 Å². The molecule has 3 nitrogen and oxygen atoms in total. The zero-order valence-corrected chi connectivity index (χ0v) is 10.5. The van der Waals surface area contributed by atoms with Crippen molar-refractivity contribution in [3.63, 3.8) is 0 Å². The predicted molar refractivity (Wildman–Crippen MR) is 69.2 cm³/mol. The smallest absolute Gasteiger partial charge is 0.115 e. The summed E-state index contributed by atoms with van der Waals surface area (Å²) in [5.74, 6) is 0.564. The van der Waals surface area contributed by atoms with Crippen molar-refractivity contribution in [2.24, 2.45) is 0 Å². The Morgan fingerprint density at radius 2 is 1.82 bits per heavy atom. The molecule has 1 heterocycles. The predicted octanol–water partition coefficient (Wildman–Crippen LogP) is 2.96. The molecule has 1 atom stereocenters. The van der Waals surface area contributed by atoms with Crippen molar-refractivity contribution in [3.05, 3.63) is 53.6 Å². The van der Waals surface area contributed by atoms with Crippen LogP contribution in [0.2, 0.25) is 5.02 Å². The summed E-state index contributed by atoms with van der Waals surface area (Å²) in [6, 6.07) is 7.53. The van der Waals surface area contributed by atoms with E-state index in [-0.39, 0.29) is 0 Å². The first kappa shape index (κ1) is 12.4. The molecule has 2 rings (SSSR count). The van der Waals surface area contributed by atoms with Crippen molar-refractivity contribution in [1.29, 1.82) is 0 Å². The molecular weight excluding hydrogens is 256 g/mol. The first-order valence-corrected chi connectivity index (χ1v) is 6.43. The molecule has 1 N–H and O–H groups in total. The fourth-order valence-electron chi connectivity index (χ4n) is 1.28. The Balaban J connectivity index is 1.92. The summed E-state index contributed by atoms with van der Waals surface area (Å²) >= 11 is 7.36. The van der Waals surface area contributed by atoms with E-state index in [0.717, 1.165) is 10.5 Å². The number of benzene rings is 1. The first-order valence-electron chi connectivity index (χ1n) is 5.07. The lowest BCUT2D eigenvalue weighted by Gasteiger charge is -2.09. The molecule has 0 aliphatic rings. The van der Waals surface area contributed by atoms with Crippen LogP contribution in [0.3, 0.4) is 0 Å². The van der Waals surface area contributed by atoms with E-state index >= 15 is 0 Å². The lowest BCUT2D eigenvalue weighted by molar-refractivity contribution is 0.203. The molecule has 0 radical (unpaired) electrons. The maximum absolute atomic E-state index is 9.91. The third-order valence-electron chi connectivity index (χ3n) is 2.19. The van der Waals surface area contributed by atoms with Crippen LogP contribution in [0.25, 0.3) is 0 Å². The topological polar surface area (TPSA) is 46.0 Å². The van der Waals surface area contributed by atoms with E-state index < -0.39 is 6.10 Å². The quantitative estimate of drug-likeness (QED) is 0.865. The minimum atomic E-state index is -0.558. The summed E-state index contributed by atoms with van der Waals surface area (Å²) in [7, 11) is 0. The molecule has 17 heavy (non-hydrogen) atoms. The summed E-state index contributed by atoms with van der Waals surface area (Å²) in [5.41, 5.74) is 0.731. The van der Waals surface area contributed by atoms with E-state index in [2.05, 4.69) is 9.97 Å². The Morgan fingerprint density at radius 1 is 1.18 bits per heavy atom. The molecule has 5 heteroatoms. The van der Waals surface area contributed by atoms with Crippen LogP contribution < -0.4 is 0 Å². The average molecular weight is 267 g/mol. The second kappa shape index (κ2) is 6.00. The molecule has 0 fully saturated rings. The van der Waals surface area contributed by atoms with Gasteiger partial charge in [-0.25, -0.2) is 9.97 Å². The fourth-order valence-corrected chi connectivity index (χ4v) is 2.28. The molecule has 0 aliphatic heterocycles. The molecule has 1 unspecified atom stereocenters. The number of halogens is 1. The van der Waals surface area contributed by atoms with E-state index in [9.17, 15) is 5.11 Å². The number of hydrogen-bond acceptors (Lipinski definition) is 4. The summed E-state index contributed by atoms with van der Waals surface area (Å²) in [5, 5.41) is 10.6. The molecule has 0 aliphatic carbocycles. The molecule has 0 amide bonds. The van der Waals surface area contributed by atoms with Crippen LogP contribution >= 0.6 is 23.4 Å². The van der Waals surface area contributed by atoms with Crippen LogP contribution in [0.5, 0.6) is 0 Å². The minimum Gasteiger partial charge on any atom is -0.387 e. The standard InChI is InChI=1S/C12H11ClN2OS/c13-10-1-3-11(4-2-10)17-7-12(16)9-5-14-8-15-6-9/h1-6,8,12,16H,7H2. The number of aromatic nitrogens is 2.